The molecule has 1 heterocycles. The minimum Gasteiger partial charge on any atom is -0.378 e. The van der Waals surface area contributed by atoms with Gasteiger partial charge in [0, 0.05) is 44.5 Å². The highest BCUT2D eigenvalue weighted by molar-refractivity contribution is 5.95. The third kappa shape index (κ3) is 3.31. The largest absolute Gasteiger partial charge is 0.378 e. The van der Waals surface area contributed by atoms with Crippen LogP contribution in [0.25, 0.3) is 0 Å². The zero-order valence-electron chi connectivity index (χ0n) is 12.7. The second-order valence-electron chi connectivity index (χ2n) is 5.65. The van der Waals surface area contributed by atoms with Crippen LogP contribution in [0.1, 0.15) is 29.6 Å². The van der Waals surface area contributed by atoms with E-state index in [1.165, 1.54) is 6.42 Å². The Kier molecular flexibility index (Phi) is 5.01. The fourth-order valence-electron chi connectivity index (χ4n) is 2.80. The van der Waals surface area contributed by atoms with E-state index in [-0.39, 0.29) is 5.91 Å². The van der Waals surface area contributed by atoms with E-state index in [4.69, 9.17) is 0 Å². The van der Waals surface area contributed by atoms with E-state index in [0.717, 1.165) is 37.2 Å². The van der Waals surface area contributed by atoms with Gasteiger partial charge in [-0.25, -0.2) is 0 Å². The lowest BCUT2D eigenvalue weighted by atomic mass is 10.0. The number of anilines is 1. The van der Waals surface area contributed by atoms with E-state index in [2.05, 4.69) is 5.32 Å². The van der Waals surface area contributed by atoms with Gasteiger partial charge in [0.05, 0.1) is 0 Å². The maximum atomic E-state index is 12.7. The summed E-state index contributed by atoms with van der Waals surface area (Å²) in [5.41, 5.74) is 1.86. The number of benzene rings is 1. The topological polar surface area (TPSA) is 35.6 Å². The van der Waals surface area contributed by atoms with Crippen molar-refractivity contribution in [3.8, 4) is 0 Å². The molecule has 1 aromatic rings. The van der Waals surface area contributed by atoms with Gasteiger partial charge in [-0.05, 0) is 44.5 Å². The Morgan fingerprint density at radius 2 is 2.20 bits per heavy atom. The normalized spacial score (nSPS) is 18.9. The van der Waals surface area contributed by atoms with Crippen LogP contribution in [0.2, 0.25) is 0 Å². The van der Waals surface area contributed by atoms with Gasteiger partial charge in [0.1, 0.15) is 0 Å². The molecule has 0 aromatic heterocycles. The number of nitrogens with one attached hydrogen (secondary N) is 1. The minimum atomic E-state index is 0.161. The molecule has 1 unspecified atom stereocenters. The summed E-state index contributed by atoms with van der Waals surface area (Å²) in [6.45, 7) is 1.75. The number of nitrogens with zero attached hydrogens (tertiary/aromatic N) is 2. The summed E-state index contributed by atoms with van der Waals surface area (Å²) in [7, 11) is 5.94. The Bertz CT molecular complexity index is 457. The predicted molar refractivity (Wildman–Crippen MR) is 83.4 cm³/mol. The number of carbonyl (C=O) groups is 1. The SMILES string of the molecule is CNCC1CCCCN1C(=O)c1cccc(N(C)C)c1. The highest BCUT2D eigenvalue weighted by Crippen LogP contribution is 2.21. The maximum absolute atomic E-state index is 12.7. The maximum Gasteiger partial charge on any atom is 0.254 e. The summed E-state index contributed by atoms with van der Waals surface area (Å²) < 4.78 is 0. The van der Waals surface area contributed by atoms with Crippen molar-refractivity contribution in [2.24, 2.45) is 0 Å². The minimum absolute atomic E-state index is 0.161. The summed E-state index contributed by atoms with van der Waals surface area (Å²) in [5.74, 6) is 0.161. The Morgan fingerprint density at radius 3 is 2.90 bits per heavy atom. The van der Waals surface area contributed by atoms with Crippen LogP contribution < -0.4 is 10.2 Å². The zero-order chi connectivity index (χ0) is 14.5. The van der Waals surface area contributed by atoms with Crippen molar-refractivity contribution in [3.05, 3.63) is 29.8 Å². The van der Waals surface area contributed by atoms with Gasteiger partial charge in [-0.15, -0.1) is 0 Å². The smallest absolute Gasteiger partial charge is 0.254 e. The first-order valence-corrected chi connectivity index (χ1v) is 7.36. The lowest BCUT2D eigenvalue weighted by Crippen LogP contribution is -2.48. The van der Waals surface area contributed by atoms with Gasteiger partial charge in [-0.2, -0.15) is 0 Å². The van der Waals surface area contributed by atoms with Crippen LogP contribution in [-0.4, -0.2) is 51.1 Å². The fourth-order valence-corrected chi connectivity index (χ4v) is 2.80. The highest BCUT2D eigenvalue weighted by atomic mass is 16.2. The van der Waals surface area contributed by atoms with Gasteiger partial charge in [0.15, 0.2) is 0 Å². The molecule has 1 aliphatic heterocycles. The molecule has 20 heavy (non-hydrogen) atoms. The van der Waals surface area contributed by atoms with Gasteiger partial charge in [0.25, 0.3) is 5.91 Å². The zero-order valence-corrected chi connectivity index (χ0v) is 12.7. The van der Waals surface area contributed by atoms with E-state index in [0.29, 0.717) is 6.04 Å². The molecule has 1 saturated heterocycles. The second-order valence-corrected chi connectivity index (χ2v) is 5.65. The average Bonchev–Trinajstić information content (AvgIpc) is 2.47. The molecule has 4 nitrogen and oxygen atoms in total. The van der Waals surface area contributed by atoms with E-state index in [1.54, 1.807) is 0 Å². The Labute approximate surface area is 121 Å². The van der Waals surface area contributed by atoms with Crippen LogP contribution in [0.15, 0.2) is 24.3 Å². The number of likely N-dealkylation sites (N-methyl/N-ethyl adjacent to an activating group) is 1. The molecule has 0 bridgehead atoms. The molecule has 1 atom stereocenters. The highest BCUT2D eigenvalue weighted by Gasteiger charge is 2.26. The summed E-state index contributed by atoms with van der Waals surface area (Å²) in [5, 5.41) is 3.20. The number of amides is 1. The van der Waals surface area contributed by atoms with E-state index < -0.39 is 0 Å². The molecule has 0 radical (unpaired) electrons. The van der Waals surface area contributed by atoms with Crippen molar-refractivity contribution in [3.63, 3.8) is 0 Å². The first kappa shape index (κ1) is 14.9. The van der Waals surface area contributed by atoms with E-state index in [9.17, 15) is 4.79 Å². The lowest BCUT2D eigenvalue weighted by Gasteiger charge is -2.36. The molecule has 1 N–H and O–H groups in total. The Morgan fingerprint density at radius 1 is 1.40 bits per heavy atom. The summed E-state index contributed by atoms with van der Waals surface area (Å²) in [6, 6.07) is 8.20. The van der Waals surface area contributed by atoms with Gasteiger partial charge >= 0.3 is 0 Å². The first-order chi connectivity index (χ1) is 9.63. The number of piperidine rings is 1. The average molecular weight is 275 g/mol. The number of hydrogen-bond acceptors (Lipinski definition) is 3. The molecule has 1 aromatic carbocycles. The number of hydrogen-bond donors (Lipinski definition) is 1. The van der Waals surface area contributed by atoms with E-state index in [1.807, 2.05) is 55.2 Å². The van der Waals surface area contributed by atoms with Crippen molar-refractivity contribution < 1.29 is 4.79 Å². The van der Waals surface area contributed by atoms with Crippen molar-refractivity contribution >= 4 is 11.6 Å². The molecule has 4 heteroatoms. The van der Waals surface area contributed by atoms with Crippen LogP contribution in [-0.2, 0) is 0 Å². The van der Waals surface area contributed by atoms with Crippen LogP contribution in [0.5, 0.6) is 0 Å². The third-order valence-corrected chi connectivity index (χ3v) is 3.94. The fraction of sp³-hybridized carbons (Fsp3) is 0.562. The molecule has 0 aliphatic carbocycles. The molecular weight excluding hydrogens is 250 g/mol. The Balaban J connectivity index is 2.18. The number of carbonyl (C=O) groups excluding carboxylic acids is 1. The van der Waals surface area contributed by atoms with Crippen molar-refractivity contribution in [1.82, 2.24) is 10.2 Å². The van der Waals surface area contributed by atoms with Crippen LogP contribution >= 0.6 is 0 Å². The van der Waals surface area contributed by atoms with Crippen molar-refractivity contribution in [2.75, 3.05) is 39.1 Å². The molecule has 1 aliphatic rings. The molecule has 110 valence electrons. The standard InChI is InChI=1S/C16H25N3O/c1-17-12-15-8-4-5-10-19(15)16(20)13-7-6-9-14(11-13)18(2)3/h6-7,9,11,15,17H,4-5,8,10,12H2,1-3H3. The van der Waals surface area contributed by atoms with Crippen LogP contribution in [0.3, 0.4) is 0 Å². The summed E-state index contributed by atoms with van der Waals surface area (Å²) in [6.07, 6.45) is 3.42. The number of rotatable bonds is 4. The Hall–Kier alpha value is -1.55. The number of likely N-dealkylation sites (tertiary alicyclic amines) is 1. The van der Waals surface area contributed by atoms with Crippen molar-refractivity contribution in [2.45, 2.75) is 25.3 Å². The monoisotopic (exact) mass is 275 g/mol. The van der Waals surface area contributed by atoms with Gasteiger partial charge in [-0.3, -0.25) is 4.79 Å². The molecule has 1 fully saturated rings. The molecule has 2 rings (SSSR count). The molecule has 0 saturated carbocycles. The van der Waals surface area contributed by atoms with Gasteiger partial charge in [0.2, 0.25) is 0 Å². The summed E-state index contributed by atoms with van der Waals surface area (Å²) in [4.78, 5) is 16.8. The van der Waals surface area contributed by atoms with E-state index >= 15 is 0 Å². The van der Waals surface area contributed by atoms with Gasteiger partial charge in [-0.1, -0.05) is 6.07 Å². The lowest BCUT2D eigenvalue weighted by molar-refractivity contribution is 0.0615. The molecular formula is C16H25N3O. The molecule has 0 spiro atoms. The summed E-state index contributed by atoms with van der Waals surface area (Å²) >= 11 is 0. The van der Waals surface area contributed by atoms with Crippen LogP contribution in [0, 0.1) is 0 Å². The quantitative estimate of drug-likeness (QED) is 0.912. The van der Waals surface area contributed by atoms with Gasteiger partial charge < -0.3 is 15.1 Å². The second kappa shape index (κ2) is 6.75. The van der Waals surface area contributed by atoms with Crippen molar-refractivity contribution in [1.29, 1.82) is 0 Å². The van der Waals surface area contributed by atoms with Crippen LogP contribution in [0.4, 0.5) is 5.69 Å². The predicted octanol–water partition coefficient (Wildman–Crippen LogP) is 1.97. The first-order valence-electron chi connectivity index (χ1n) is 7.36. The molecule has 1 amide bonds. The third-order valence-electron chi connectivity index (χ3n) is 3.94.